The summed E-state index contributed by atoms with van der Waals surface area (Å²) in [5, 5.41) is 11.2. The average molecular weight is 399 g/mol. The van der Waals surface area contributed by atoms with E-state index >= 15 is 0 Å². The molecule has 1 fully saturated rings. The number of halogens is 1. The molecule has 1 aliphatic rings. The van der Waals surface area contributed by atoms with E-state index in [9.17, 15) is 9.18 Å². The number of benzene rings is 1. The molecule has 3 heterocycles. The minimum Gasteiger partial charge on any atom is -0.317 e. The number of hydrogen-bond donors (Lipinski definition) is 2. The van der Waals surface area contributed by atoms with Crippen LogP contribution in [0.25, 0.3) is 0 Å². The number of aryl methyl sites for hydroxylation is 1. The highest BCUT2D eigenvalue weighted by Crippen LogP contribution is 2.31. The first-order chi connectivity index (χ1) is 13.6. The van der Waals surface area contributed by atoms with E-state index in [2.05, 4.69) is 20.7 Å². The Labute approximate surface area is 166 Å². The van der Waals surface area contributed by atoms with E-state index in [4.69, 9.17) is 0 Å². The fraction of sp³-hybridized carbons (Fsp3) is 0.350. The highest BCUT2D eigenvalue weighted by Gasteiger charge is 2.42. The van der Waals surface area contributed by atoms with Crippen LogP contribution in [-0.4, -0.2) is 33.8 Å². The lowest BCUT2D eigenvalue weighted by Crippen LogP contribution is -2.52. The van der Waals surface area contributed by atoms with Crippen molar-refractivity contribution in [3.8, 4) is 0 Å². The van der Waals surface area contributed by atoms with Crippen molar-refractivity contribution in [1.29, 1.82) is 0 Å². The molecule has 3 aromatic rings. The van der Waals surface area contributed by atoms with Gasteiger partial charge in [-0.1, -0.05) is 12.1 Å². The second kappa shape index (κ2) is 7.81. The third kappa shape index (κ3) is 3.70. The van der Waals surface area contributed by atoms with Crippen LogP contribution in [0.15, 0.2) is 42.7 Å². The summed E-state index contributed by atoms with van der Waals surface area (Å²) in [6, 6.07) is 8.30. The minimum atomic E-state index is -0.703. The minimum absolute atomic E-state index is 0.0835. The second-order valence-electron chi connectivity index (χ2n) is 7.02. The summed E-state index contributed by atoms with van der Waals surface area (Å²) >= 11 is 1.46. The van der Waals surface area contributed by atoms with E-state index in [1.807, 2.05) is 19.2 Å². The highest BCUT2D eigenvalue weighted by molar-refractivity contribution is 7.15. The molecule has 1 aliphatic heterocycles. The normalized spacial score (nSPS) is 16.1. The third-order valence-electron chi connectivity index (χ3n) is 5.19. The number of hydrogen-bond acceptors (Lipinski definition) is 5. The Hall–Kier alpha value is -2.58. The predicted molar refractivity (Wildman–Crippen MR) is 107 cm³/mol. The Bertz CT molecular complexity index is 946. The van der Waals surface area contributed by atoms with E-state index in [1.165, 1.54) is 23.5 Å². The zero-order valence-corrected chi connectivity index (χ0v) is 16.4. The Morgan fingerprint density at radius 1 is 1.32 bits per heavy atom. The molecule has 8 heteroatoms. The summed E-state index contributed by atoms with van der Waals surface area (Å²) in [5.41, 5.74) is 1.19. The van der Waals surface area contributed by atoms with Gasteiger partial charge in [-0.15, -0.1) is 11.3 Å². The quantitative estimate of drug-likeness (QED) is 0.692. The van der Waals surface area contributed by atoms with Crippen molar-refractivity contribution in [1.82, 2.24) is 20.1 Å². The summed E-state index contributed by atoms with van der Waals surface area (Å²) in [4.78, 5) is 18.8. The summed E-state index contributed by atoms with van der Waals surface area (Å²) in [7, 11) is 0. The molecule has 0 bridgehead atoms. The number of amides is 1. The summed E-state index contributed by atoms with van der Waals surface area (Å²) in [6.07, 6.45) is 5.55. The Morgan fingerprint density at radius 3 is 2.75 bits per heavy atom. The van der Waals surface area contributed by atoms with Crippen molar-refractivity contribution in [2.24, 2.45) is 0 Å². The van der Waals surface area contributed by atoms with Crippen LogP contribution in [0.1, 0.15) is 29.0 Å². The number of thiazole rings is 1. The number of anilines is 1. The SMILES string of the molecule is Cc1nc(NC(=O)C2(n3cccn3)CCNCC2)sc1Cc1ccc(F)cc1. The molecule has 0 radical (unpaired) electrons. The fourth-order valence-electron chi connectivity index (χ4n) is 3.57. The third-order valence-corrected chi connectivity index (χ3v) is 6.26. The first kappa shape index (κ1) is 18.8. The van der Waals surface area contributed by atoms with Gasteiger partial charge in [0.25, 0.3) is 5.91 Å². The van der Waals surface area contributed by atoms with Gasteiger partial charge < -0.3 is 5.32 Å². The van der Waals surface area contributed by atoms with Crippen molar-refractivity contribution in [3.63, 3.8) is 0 Å². The molecule has 28 heavy (non-hydrogen) atoms. The lowest BCUT2D eigenvalue weighted by atomic mass is 9.87. The van der Waals surface area contributed by atoms with Gasteiger partial charge >= 0.3 is 0 Å². The molecule has 0 atom stereocenters. The maximum absolute atomic E-state index is 13.2. The van der Waals surface area contributed by atoms with E-state index in [-0.39, 0.29) is 11.7 Å². The fourth-order valence-corrected chi connectivity index (χ4v) is 4.56. The number of carbonyl (C=O) groups is 1. The molecule has 0 spiro atoms. The van der Waals surface area contributed by atoms with Gasteiger partial charge in [-0.05, 0) is 56.6 Å². The number of aromatic nitrogens is 3. The van der Waals surface area contributed by atoms with E-state index < -0.39 is 5.54 Å². The Kier molecular flexibility index (Phi) is 5.23. The van der Waals surface area contributed by atoms with E-state index in [0.29, 0.717) is 24.4 Å². The van der Waals surface area contributed by atoms with Gasteiger partial charge in [-0.25, -0.2) is 9.37 Å². The van der Waals surface area contributed by atoms with Crippen LogP contribution in [0.2, 0.25) is 0 Å². The molecule has 2 aromatic heterocycles. The second-order valence-corrected chi connectivity index (χ2v) is 8.10. The van der Waals surface area contributed by atoms with Crippen molar-refractivity contribution in [3.05, 3.63) is 64.7 Å². The van der Waals surface area contributed by atoms with Gasteiger partial charge in [-0.2, -0.15) is 5.10 Å². The van der Waals surface area contributed by atoms with E-state index in [1.54, 1.807) is 23.0 Å². The molecule has 6 nitrogen and oxygen atoms in total. The number of nitrogens with zero attached hydrogens (tertiary/aromatic N) is 3. The van der Waals surface area contributed by atoms with Crippen LogP contribution in [0.4, 0.5) is 9.52 Å². The molecule has 0 aliphatic carbocycles. The number of carbonyl (C=O) groups excluding carboxylic acids is 1. The van der Waals surface area contributed by atoms with Crippen LogP contribution in [0.3, 0.4) is 0 Å². The first-order valence-electron chi connectivity index (χ1n) is 9.30. The molecule has 1 aromatic carbocycles. The molecule has 1 saturated heterocycles. The van der Waals surface area contributed by atoms with Gasteiger partial charge in [0.2, 0.25) is 0 Å². The lowest BCUT2D eigenvalue weighted by molar-refractivity contribution is -0.126. The van der Waals surface area contributed by atoms with Crippen LogP contribution < -0.4 is 10.6 Å². The summed E-state index contributed by atoms with van der Waals surface area (Å²) in [6.45, 7) is 3.46. The maximum atomic E-state index is 13.2. The van der Waals surface area contributed by atoms with Gasteiger partial charge in [0, 0.05) is 23.7 Å². The van der Waals surface area contributed by atoms with Crippen molar-refractivity contribution >= 4 is 22.4 Å². The van der Waals surface area contributed by atoms with E-state index in [0.717, 1.165) is 29.2 Å². The van der Waals surface area contributed by atoms with Crippen LogP contribution in [0, 0.1) is 12.7 Å². The Balaban J connectivity index is 1.53. The number of rotatable bonds is 5. The van der Waals surface area contributed by atoms with Crippen molar-refractivity contribution < 1.29 is 9.18 Å². The molecule has 146 valence electrons. The van der Waals surface area contributed by atoms with Crippen molar-refractivity contribution in [2.45, 2.75) is 31.7 Å². The Morgan fingerprint density at radius 2 is 2.07 bits per heavy atom. The summed E-state index contributed by atoms with van der Waals surface area (Å²) in [5.74, 6) is -0.330. The zero-order chi connectivity index (χ0) is 19.6. The highest BCUT2D eigenvalue weighted by atomic mass is 32.1. The van der Waals surface area contributed by atoms with Crippen molar-refractivity contribution in [2.75, 3.05) is 18.4 Å². The largest absolute Gasteiger partial charge is 0.317 e. The van der Waals surface area contributed by atoms with Crippen LogP contribution >= 0.6 is 11.3 Å². The van der Waals surface area contributed by atoms with Crippen LogP contribution in [0.5, 0.6) is 0 Å². The lowest BCUT2D eigenvalue weighted by Gasteiger charge is -2.36. The van der Waals surface area contributed by atoms with Crippen LogP contribution in [-0.2, 0) is 16.8 Å². The predicted octanol–water partition coefficient (Wildman–Crippen LogP) is 3.10. The monoisotopic (exact) mass is 399 g/mol. The molecule has 1 amide bonds. The number of piperidine rings is 1. The number of nitrogens with one attached hydrogen (secondary N) is 2. The molecule has 4 rings (SSSR count). The summed E-state index contributed by atoms with van der Waals surface area (Å²) < 4.78 is 14.9. The van der Waals surface area contributed by atoms with Gasteiger partial charge in [0.05, 0.1) is 5.69 Å². The molecular weight excluding hydrogens is 377 g/mol. The maximum Gasteiger partial charge on any atom is 0.254 e. The van der Waals surface area contributed by atoms with Gasteiger partial charge in [0.1, 0.15) is 11.4 Å². The molecule has 0 unspecified atom stereocenters. The molecule has 2 N–H and O–H groups in total. The topological polar surface area (TPSA) is 71.8 Å². The zero-order valence-electron chi connectivity index (χ0n) is 15.6. The molecule has 0 saturated carbocycles. The standard InChI is InChI=1S/C20H22FN5OS/c1-14-17(13-15-3-5-16(21)6-4-15)28-19(24-14)25-18(27)20(7-10-22-11-8-20)26-12-2-9-23-26/h2-6,9,12,22H,7-8,10-11,13H2,1H3,(H,24,25,27). The average Bonchev–Trinajstić information content (AvgIpc) is 3.35. The van der Waals surface area contributed by atoms with Gasteiger partial charge in [-0.3, -0.25) is 14.8 Å². The van der Waals surface area contributed by atoms with Gasteiger partial charge in [0.15, 0.2) is 5.13 Å². The molecular formula is C20H22FN5OS. The smallest absolute Gasteiger partial charge is 0.254 e. The first-order valence-corrected chi connectivity index (χ1v) is 10.1.